The number of nitrogen functional groups attached to an aromatic ring is 1. The van der Waals surface area contributed by atoms with Gasteiger partial charge in [-0.25, -0.2) is 10.1 Å². The second-order valence-corrected chi connectivity index (χ2v) is 3.66. The zero-order valence-electron chi connectivity index (χ0n) is 6.57. The molecule has 64 valence electrons. The lowest BCUT2D eigenvalue weighted by molar-refractivity contribution is 1.10. The third-order valence-corrected chi connectivity index (χ3v) is 2.55. The van der Waals surface area contributed by atoms with Crippen LogP contribution in [-0.4, -0.2) is 32.8 Å². The van der Waals surface area contributed by atoms with Crippen LogP contribution in [0, 0.1) is 0 Å². The number of nitrogens with zero attached hydrogens (tertiary/aromatic N) is 2. The molecule has 4 nitrogen and oxygen atoms in total. The van der Waals surface area contributed by atoms with Crippen LogP contribution < -0.4 is 5.73 Å². The zero-order chi connectivity index (χ0) is 8.53. The lowest BCUT2D eigenvalue weighted by Crippen LogP contribution is -1.84. The van der Waals surface area contributed by atoms with E-state index in [9.17, 15) is 0 Å². The Morgan fingerprint density at radius 1 is 1.55 bits per heavy atom. The number of aromatic amines is 1. The number of anilines is 1. The summed E-state index contributed by atoms with van der Waals surface area (Å²) >= 11 is 3.73. The molecule has 0 atom stereocenters. The highest BCUT2D eigenvalue weighted by atomic mass is 32.2. The van der Waals surface area contributed by atoms with Gasteiger partial charge in [0.15, 0.2) is 0 Å². The molecule has 0 aliphatic rings. The molecule has 0 aliphatic carbocycles. The number of H-pyrrole nitrogens is 1. The molecule has 0 fully saturated rings. The molecule has 0 bridgehead atoms. The van der Waals surface area contributed by atoms with Crippen LogP contribution in [0.25, 0.3) is 0 Å². The van der Waals surface area contributed by atoms with Crippen molar-refractivity contribution in [3.63, 3.8) is 0 Å². The maximum absolute atomic E-state index is 5.05. The summed E-state index contributed by atoms with van der Waals surface area (Å²) in [7, 11) is 0. The molecule has 0 radical (unpaired) electrons. The van der Waals surface area contributed by atoms with Crippen LogP contribution in [0.5, 0.6) is 0 Å². The van der Waals surface area contributed by atoms with E-state index in [4.69, 9.17) is 5.73 Å². The molecule has 1 aromatic heterocycles. The van der Waals surface area contributed by atoms with Crippen LogP contribution in [-0.2, 0) is 0 Å². The van der Waals surface area contributed by atoms with Crippen LogP contribution in [0.1, 0.15) is 0 Å². The molecule has 0 aliphatic heterocycles. The Labute approximate surface area is 74.7 Å². The third kappa shape index (κ3) is 7.54. The summed E-state index contributed by atoms with van der Waals surface area (Å²) in [6.07, 6.45) is 5.57. The predicted octanol–water partition coefficient (Wildman–Crippen LogP) is 1.06. The molecule has 1 aromatic rings. The minimum absolute atomic E-state index is 0.356. The summed E-state index contributed by atoms with van der Waals surface area (Å²) in [5, 5.41) is 7.10. The van der Waals surface area contributed by atoms with Gasteiger partial charge in [-0.1, -0.05) is 0 Å². The lowest BCUT2D eigenvalue weighted by atomic mass is 11.1. The molecular weight excluding hydrogens is 180 g/mol. The van der Waals surface area contributed by atoms with E-state index < -0.39 is 0 Å². The maximum atomic E-state index is 5.05. The van der Waals surface area contributed by atoms with E-state index in [1.165, 1.54) is 11.4 Å². The molecule has 11 heavy (non-hydrogen) atoms. The number of nitrogens with two attached hydrogens (primary N) is 1. The second-order valence-electron chi connectivity index (χ2n) is 1.57. The van der Waals surface area contributed by atoms with Crippen LogP contribution in [0.3, 0.4) is 0 Å². The molecule has 0 amide bonds. The fourth-order valence-electron chi connectivity index (χ4n) is 0.333. The van der Waals surface area contributed by atoms with Crippen LogP contribution in [0.4, 0.5) is 5.95 Å². The highest BCUT2D eigenvalue weighted by Crippen LogP contribution is 2.01. The highest BCUT2D eigenvalue weighted by Gasteiger charge is 1.75. The quantitative estimate of drug-likeness (QED) is 0.686. The molecule has 0 spiro atoms. The first kappa shape index (κ1) is 10.6. The maximum Gasteiger partial charge on any atom is 0.215 e. The van der Waals surface area contributed by atoms with Crippen molar-refractivity contribution < 1.29 is 0 Å². The van der Waals surface area contributed by atoms with Gasteiger partial charge in [0.25, 0.3) is 0 Å². The van der Waals surface area contributed by atoms with Gasteiger partial charge < -0.3 is 5.73 Å². The zero-order valence-corrected chi connectivity index (χ0v) is 8.21. The van der Waals surface area contributed by atoms with Crippen molar-refractivity contribution in [1.29, 1.82) is 0 Å². The second kappa shape index (κ2) is 7.74. The Bertz CT molecular complexity index is 152. The Balaban J connectivity index is 0.000000187. The van der Waals surface area contributed by atoms with Crippen molar-refractivity contribution in [2.75, 3.05) is 23.3 Å². The largest absolute Gasteiger partial charge is 0.368 e. The van der Waals surface area contributed by atoms with Gasteiger partial charge in [0.05, 0.1) is 0 Å². The molecule has 1 rings (SSSR count). The van der Waals surface area contributed by atoms with Crippen molar-refractivity contribution in [1.82, 2.24) is 15.2 Å². The van der Waals surface area contributed by atoms with E-state index in [1.807, 2.05) is 23.5 Å². The third-order valence-electron chi connectivity index (χ3n) is 0.669. The van der Waals surface area contributed by atoms with Crippen molar-refractivity contribution in [3.05, 3.63) is 6.33 Å². The van der Waals surface area contributed by atoms with Gasteiger partial charge in [-0.2, -0.15) is 28.6 Å². The number of hydrogen-bond donors (Lipinski definition) is 2. The number of aromatic nitrogens is 3. The summed E-state index contributed by atoms with van der Waals surface area (Å²) in [4.78, 5) is 3.53. The topological polar surface area (TPSA) is 67.6 Å². The molecule has 0 aromatic carbocycles. The first-order valence-electron chi connectivity index (χ1n) is 2.90. The Morgan fingerprint density at radius 2 is 2.18 bits per heavy atom. The van der Waals surface area contributed by atoms with Gasteiger partial charge in [0.1, 0.15) is 6.33 Å². The van der Waals surface area contributed by atoms with E-state index in [0.29, 0.717) is 5.95 Å². The van der Waals surface area contributed by atoms with Crippen molar-refractivity contribution >= 4 is 29.5 Å². The fourth-order valence-corrected chi connectivity index (χ4v) is 1.28. The summed E-state index contributed by atoms with van der Waals surface area (Å²) < 4.78 is 0. The van der Waals surface area contributed by atoms with Gasteiger partial charge in [0.2, 0.25) is 5.95 Å². The van der Waals surface area contributed by atoms with E-state index in [1.54, 1.807) is 0 Å². The number of hydrogen-bond acceptors (Lipinski definition) is 5. The lowest BCUT2D eigenvalue weighted by Gasteiger charge is -1.80. The van der Waals surface area contributed by atoms with Gasteiger partial charge >= 0.3 is 0 Å². The smallest absolute Gasteiger partial charge is 0.215 e. The first-order valence-corrected chi connectivity index (χ1v) is 5.68. The predicted molar refractivity (Wildman–Crippen MR) is 52.7 cm³/mol. The van der Waals surface area contributed by atoms with E-state index in [0.717, 1.165) is 0 Å². The molecule has 1 heterocycles. The first-order chi connectivity index (χ1) is 5.31. The van der Waals surface area contributed by atoms with Crippen LogP contribution in [0.2, 0.25) is 0 Å². The normalized spacial score (nSPS) is 8.55. The summed E-state index contributed by atoms with van der Waals surface area (Å²) in [6.45, 7) is 0. The van der Waals surface area contributed by atoms with E-state index in [-0.39, 0.29) is 0 Å². The Morgan fingerprint density at radius 3 is 2.27 bits per heavy atom. The average molecular weight is 192 g/mol. The van der Waals surface area contributed by atoms with Gasteiger partial charge in [-0.15, -0.1) is 0 Å². The summed E-state index contributed by atoms with van der Waals surface area (Å²) in [6, 6.07) is 0. The summed E-state index contributed by atoms with van der Waals surface area (Å²) in [5.74, 6) is 0.356. The molecule has 0 saturated carbocycles. The Hall–Kier alpha value is -0.360. The SMILES string of the molecule is CSCSC.Nc1ncn[nH]1. The van der Waals surface area contributed by atoms with Crippen LogP contribution in [0.15, 0.2) is 6.33 Å². The molecule has 3 N–H and O–H groups in total. The van der Waals surface area contributed by atoms with Crippen molar-refractivity contribution in [2.24, 2.45) is 0 Å². The summed E-state index contributed by atoms with van der Waals surface area (Å²) in [5.41, 5.74) is 5.05. The minimum Gasteiger partial charge on any atom is -0.368 e. The highest BCUT2D eigenvalue weighted by molar-refractivity contribution is 8.15. The average Bonchev–Trinajstić information content (AvgIpc) is 2.43. The molecular formula is C5H12N4S2. The van der Waals surface area contributed by atoms with Crippen molar-refractivity contribution in [2.45, 2.75) is 0 Å². The number of nitrogens with one attached hydrogen (secondary N) is 1. The van der Waals surface area contributed by atoms with Gasteiger partial charge in [0, 0.05) is 5.08 Å². The van der Waals surface area contributed by atoms with Gasteiger partial charge in [-0.05, 0) is 12.5 Å². The Kier molecular flexibility index (Phi) is 7.49. The van der Waals surface area contributed by atoms with E-state index in [2.05, 4.69) is 27.7 Å². The minimum atomic E-state index is 0.356. The van der Waals surface area contributed by atoms with E-state index >= 15 is 0 Å². The fraction of sp³-hybridized carbons (Fsp3) is 0.600. The standard InChI is InChI=1S/C3H8S2.C2H4N4/c1-4-3-5-2;3-2-4-1-5-6-2/h3H2,1-2H3;1H,(H3,3,4,5,6). The van der Waals surface area contributed by atoms with Crippen molar-refractivity contribution in [3.8, 4) is 0 Å². The molecule has 0 saturated heterocycles. The number of thioether (sulfide) groups is 2. The number of rotatable bonds is 2. The monoisotopic (exact) mass is 192 g/mol. The van der Waals surface area contributed by atoms with Gasteiger partial charge in [-0.3, -0.25) is 0 Å². The van der Waals surface area contributed by atoms with Crippen LogP contribution >= 0.6 is 23.5 Å². The molecule has 6 heteroatoms. The molecule has 0 unspecified atom stereocenters.